The first-order valence-electron chi connectivity index (χ1n) is 9.23. The Morgan fingerprint density at radius 1 is 1.07 bits per heavy atom. The van der Waals surface area contributed by atoms with Crippen molar-refractivity contribution >= 4 is 16.9 Å². The molecule has 0 N–H and O–H groups in total. The number of hydrogen-bond donors (Lipinski definition) is 0. The maximum atomic E-state index is 13.6. The number of benzene rings is 2. The largest absolute Gasteiger partial charge is 0.331 e. The highest BCUT2D eigenvalue weighted by Gasteiger charge is 2.20. The van der Waals surface area contributed by atoms with E-state index < -0.39 is 5.82 Å². The molecule has 0 bridgehead atoms. The number of fused-ring (bicyclic) bond motifs is 1. The normalized spacial score (nSPS) is 11.1. The molecule has 0 aliphatic carbocycles. The topological polar surface area (TPSA) is 38.1 Å². The van der Waals surface area contributed by atoms with Gasteiger partial charge in [-0.15, -0.1) is 0 Å². The molecule has 142 valence electrons. The first-order valence-corrected chi connectivity index (χ1v) is 9.23. The number of aromatic nitrogens is 2. The number of imidazole rings is 1. The van der Waals surface area contributed by atoms with Crippen LogP contribution in [0.1, 0.15) is 42.9 Å². The molecule has 0 aliphatic rings. The standard InChI is InChI=1S/C21H23F2N3O/c1-3-10-25(21(27)15-6-5-7-16(22)12-15)14-20-24-18-13-17(23)8-9-19(18)26(20)11-4-2/h5-9,12-13H,3-4,10-11,14H2,1-2H3. The Bertz CT molecular complexity index is 952. The zero-order chi connectivity index (χ0) is 19.4. The van der Waals surface area contributed by atoms with Crippen molar-refractivity contribution < 1.29 is 13.6 Å². The monoisotopic (exact) mass is 371 g/mol. The summed E-state index contributed by atoms with van der Waals surface area (Å²) >= 11 is 0. The van der Waals surface area contributed by atoms with Crippen LogP contribution in [-0.2, 0) is 13.1 Å². The molecule has 0 saturated heterocycles. The van der Waals surface area contributed by atoms with Gasteiger partial charge in [-0.25, -0.2) is 13.8 Å². The number of halogens is 2. The van der Waals surface area contributed by atoms with Gasteiger partial charge in [0.2, 0.25) is 0 Å². The van der Waals surface area contributed by atoms with E-state index in [1.54, 1.807) is 17.0 Å². The summed E-state index contributed by atoms with van der Waals surface area (Å²) in [7, 11) is 0. The molecule has 0 atom stereocenters. The second kappa shape index (κ2) is 8.29. The van der Waals surface area contributed by atoms with Gasteiger partial charge in [-0.2, -0.15) is 0 Å². The molecule has 6 heteroatoms. The van der Waals surface area contributed by atoms with Crippen molar-refractivity contribution in [3.63, 3.8) is 0 Å². The van der Waals surface area contributed by atoms with Crippen molar-refractivity contribution in [1.29, 1.82) is 0 Å². The number of amides is 1. The van der Waals surface area contributed by atoms with Crippen LogP contribution in [-0.4, -0.2) is 26.9 Å². The quantitative estimate of drug-likeness (QED) is 0.600. The summed E-state index contributed by atoms with van der Waals surface area (Å²) in [5.41, 5.74) is 1.74. The molecule has 1 heterocycles. The zero-order valence-electron chi connectivity index (χ0n) is 15.6. The van der Waals surface area contributed by atoms with E-state index in [2.05, 4.69) is 11.9 Å². The van der Waals surface area contributed by atoms with Crippen LogP contribution in [0.15, 0.2) is 42.5 Å². The van der Waals surface area contributed by atoms with Crippen molar-refractivity contribution in [2.45, 2.75) is 39.8 Å². The first kappa shape index (κ1) is 19.0. The fourth-order valence-electron chi connectivity index (χ4n) is 3.24. The minimum atomic E-state index is -0.439. The molecule has 3 rings (SSSR count). The second-order valence-electron chi connectivity index (χ2n) is 6.55. The van der Waals surface area contributed by atoms with Crippen LogP contribution in [0, 0.1) is 11.6 Å². The summed E-state index contributed by atoms with van der Waals surface area (Å²) in [6, 6.07) is 10.2. The number of aryl methyl sites for hydroxylation is 1. The van der Waals surface area contributed by atoms with E-state index in [0.717, 1.165) is 24.9 Å². The van der Waals surface area contributed by atoms with Gasteiger partial charge in [0.1, 0.15) is 17.5 Å². The molecule has 2 aromatic carbocycles. The molecule has 3 aromatic rings. The fraction of sp³-hybridized carbons (Fsp3) is 0.333. The summed E-state index contributed by atoms with van der Waals surface area (Å²) in [6.07, 6.45) is 1.66. The predicted octanol–water partition coefficient (Wildman–Crippen LogP) is 4.78. The van der Waals surface area contributed by atoms with E-state index in [1.165, 1.54) is 30.3 Å². The highest BCUT2D eigenvalue weighted by Crippen LogP contribution is 2.20. The third-order valence-electron chi connectivity index (χ3n) is 4.42. The number of rotatable bonds is 7. The van der Waals surface area contributed by atoms with Gasteiger partial charge in [0, 0.05) is 24.7 Å². The average Bonchev–Trinajstić information content (AvgIpc) is 2.97. The van der Waals surface area contributed by atoms with E-state index in [0.29, 0.717) is 30.0 Å². The van der Waals surface area contributed by atoms with Crippen LogP contribution in [0.3, 0.4) is 0 Å². The first-order chi connectivity index (χ1) is 13.0. The van der Waals surface area contributed by atoms with Gasteiger partial charge in [0.15, 0.2) is 0 Å². The van der Waals surface area contributed by atoms with Crippen molar-refractivity contribution in [1.82, 2.24) is 14.5 Å². The minimum Gasteiger partial charge on any atom is -0.331 e. The molecule has 0 fully saturated rings. The second-order valence-corrected chi connectivity index (χ2v) is 6.55. The van der Waals surface area contributed by atoms with E-state index in [-0.39, 0.29) is 11.7 Å². The highest BCUT2D eigenvalue weighted by atomic mass is 19.1. The van der Waals surface area contributed by atoms with E-state index in [1.807, 2.05) is 11.5 Å². The van der Waals surface area contributed by atoms with Crippen molar-refractivity contribution in [3.8, 4) is 0 Å². The Labute approximate surface area is 157 Å². The Morgan fingerprint density at radius 3 is 2.56 bits per heavy atom. The Balaban J connectivity index is 1.96. The summed E-state index contributed by atoms with van der Waals surface area (Å²) in [5, 5.41) is 0. The lowest BCUT2D eigenvalue weighted by Gasteiger charge is -2.22. The van der Waals surface area contributed by atoms with Crippen LogP contribution in [0.5, 0.6) is 0 Å². The third-order valence-corrected chi connectivity index (χ3v) is 4.42. The average molecular weight is 371 g/mol. The summed E-state index contributed by atoms with van der Waals surface area (Å²) < 4.78 is 29.1. The number of hydrogen-bond acceptors (Lipinski definition) is 2. The molecule has 0 aliphatic heterocycles. The van der Waals surface area contributed by atoms with Crippen LogP contribution in [0.2, 0.25) is 0 Å². The number of nitrogens with zero attached hydrogens (tertiary/aromatic N) is 3. The fourth-order valence-corrected chi connectivity index (χ4v) is 3.24. The van der Waals surface area contributed by atoms with E-state index in [4.69, 9.17) is 0 Å². The van der Waals surface area contributed by atoms with Crippen molar-refractivity contribution in [2.75, 3.05) is 6.54 Å². The number of carbonyl (C=O) groups is 1. The maximum absolute atomic E-state index is 13.6. The molecule has 0 radical (unpaired) electrons. The van der Waals surface area contributed by atoms with Crippen molar-refractivity contribution in [3.05, 3.63) is 65.5 Å². The predicted molar refractivity (Wildman–Crippen MR) is 101 cm³/mol. The van der Waals surface area contributed by atoms with Gasteiger partial charge in [-0.3, -0.25) is 4.79 Å². The Morgan fingerprint density at radius 2 is 1.85 bits per heavy atom. The molecule has 0 unspecified atom stereocenters. The van der Waals surface area contributed by atoms with E-state index in [9.17, 15) is 13.6 Å². The molecular weight excluding hydrogens is 348 g/mol. The van der Waals surface area contributed by atoms with Gasteiger partial charge < -0.3 is 9.47 Å². The molecule has 1 amide bonds. The zero-order valence-corrected chi connectivity index (χ0v) is 15.6. The molecule has 0 spiro atoms. The van der Waals surface area contributed by atoms with Gasteiger partial charge in [-0.05, 0) is 43.2 Å². The highest BCUT2D eigenvalue weighted by molar-refractivity contribution is 5.94. The lowest BCUT2D eigenvalue weighted by atomic mass is 10.2. The molecule has 0 saturated carbocycles. The summed E-state index contributed by atoms with van der Waals surface area (Å²) in [6.45, 7) is 5.58. The Kier molecular flexibility index (Phi) is 5.84. The van der Waals surface area contributed by atoms with E-state index >= 15 is 0 Å². The van der Waals surface area contributed by atoms with Gasteiger partial charge in [-0.1, -0.05) is 19.9 Å². The lowest BCUT2D eigenvalue weighted by molar-refractivity contribution is 0.0736. The van der Waals surface area contributed by atoms with Gasteiger partial charge in [0.05, 0.1) is 17.6 Å². The maximum Gasteiger partial charge on any atom is 0.254 e. The van der Waals surface area contributed by atoms with Crippen LogP contribution < -0.4 is 0 Å². The van der Waals surface area contributed by atoms with Crippen LogP contribution >= 0.6 is 0 Å². The molecule has 1 aromatic heterocycles. The number of carbonyl (C=O) groups excluding carboxylic acids is 1. The smallest absolute Gasteiger partial charge is 0.254 e. The molecular formula is C21H23F2N3O. The van der Waals surface area contributed by atoms with Crippen LogP contribution in [0.25, 0.3) is 11.0 Å². The SMILES string of the molecule is CCCN(Cc1nc2cc(F)ccc2n1CCC)C(=O)c1cccc(F)c1. The lowest BCUT2D eigenvalue weighted by Crippen LogP contribution is -2.32. The van der Waals surface area contributed by atoms with Gasteiger partial charge >= 0.3 is 0 Å². The minimum absolute atomic E-state index is 0.238. The van der Waals surface area contributed by atoms with Crippen LogP contribution in [0.4, 0.5) is 8.78 Å². The summed E-state index contributed by atoms with van der Waals surface area (Å²) in [4.78, 5) is 19.1. The van der Waals surface area contributed by atoms with Gasteiger partial charge in [0.25, 0.3) is 5.91 Å². The third kappa shape index (κ3) is 4.15. The Hall–Kier alpha value is -2.76. The molecule has 27 heavy (non-hydrogen) atoms. The van der Waals surface area contributed by atoms with Crippen molar-refractivity contribution in [2.24, 2.45) is 0 Å². The summed E-state index contributed by atoms with van der Waals surface area (Å²) in [5.74, 6) is -0.310. The molecule has 4 nitrogen and oxygen atoms in total.